The standard InChI is InChI=1S/C24H25NO6S/c1-14-8-10-17(11-9-14)32(28,29)25-16(3)23(26)30-21-13-12-19-18-6-4-5-7-20(18)24(27)31-22(19)15(21)2/h8-13,16,25H,4-7H2,1-3H3/t16-/m1/s1. The monoisotopic (exact) mass is 455 g/mol. The second kappa shape index (κ2) is 8.52. The van der Waals surface area contributed by atoms with Crippen LogP contribution in [0.15, 0.2) is 50.5 Å². The van der Waals surface area contributed by atoms with Crippen molar-refractivity contribution in [1.82, 2.24) is 4.72 Å². The minimum absolute atomic E-state index is 0.0659. The predicted octanol–water partition coefficient (Wildman–Crippen LogP) is 3.56. The Morgan fingerprint density at radius 3 is 2.38 bits per heavy atom. The van der Waals surface area contributed by atoms with Gasteiger partial charge in [-0.2, -0.15) is 4.72 Å². The van der Waals surface area contributed by atoms with Crippen molar-refractivity contribution in [2.75, 3.05) is 0 Å². The fourth-order valence-electron chi connectivity index (χ4n) is 4.00. The van der Waals surface area contributed by atoms with E-state index in [1.165, 1.54) is 19.1 Å². The molecule has 2 aromatic carbocycles. The fourth-order valence-corrected chi connectivity index (χ4v) is 5.19. The molecule has 1 aliphatic carbocycles. The molecule has 0 aliphatic heterocycles. The molecule has 0 unspecified atom stereocenters. The van der Waals surface area contributed by atoms with Gasteiger partial charge in [-0.3, -0.25) is 0 Å². The van der Waals surface area contributed by atoms with E-state index in [0.717, 1.165) is 41.3 Å². The van der Waals surface area contributed by atoms with Crippen LogP contribution in [0.1, 0.15) is 42.0 Å². The van der Waals surface area contributed by atoms with E-state index in [4.69, 9.17) is 9.15 Å². The number of carbonyl (C=O) groups is 1. The van der Waals surface area contributed by atoms with Crippen LogP contribution in [0, 0.1) is 13.8 Å². The fraction of sp³-hybridized carbons (Fsp3) is 0.333. The summed E-state index contributed by atoms with van der Waals surface area (Å²) in [5.74, 6) is -0.536. The third-order valence-electron chi connectivity index (χ3n) is 5.82. The molecule has 0 bridgehead atoms. The Balaban J connectivity index is 1.57. The zero-order valence-electron chi connectivity index (χ0n) is 18.2. The molecule has 0 spiro atoms. The first-order valence-electron chi connectivity index (χ1n) is 10.6. The molecule has 1 atom stereocenters. The summed E-state index contributed by atoms with van der Waals surface area (Å²) in [6.45, 7) is 4.98. The summed E-state index contributed by atoms with van der Waals surface area (Å²) in [7, 11) is -3.88. The highest BCUT2D eigenvalue weighted by molar-refractivity contribution is 7.89. The molecule has 0 fully saturated rings. The number of sulfonamides is 1. The Morgan fingerprint density at radius 1 is 1.03 bits per heavy atom. The topological polar surface area (TPSA) is 103 Å². The first kappa shape index (κ1) is 22.2. The lowest BCUT2D eigenvalue weighted by atomic mass is 9.90. The van der Waals surface area contributed by atoms with Gasteiger partial charge in [0.15, 0.2) is 0 Å². The molecule has 0 saturated carbocycles. The zero-order chi connectivity index (χ0) is 23.0. The number of carbonyl (C=O) groups excluding carboxylic acids is 1. The number of esters is 1. The van der Waals surface area contributed by atoms with Gasteiger partial charge in [0.25, 0.3) is 0 Å². The van der Waals surface area contributed by atoms with Crippen molar-refractivity contribution < 1.29 is 22.4 Å². The molecule has 4 rings (SSSR count). The lowest BCUT2D eigenvalue weighted by Gasteiger charge is -2.18. The lowest BCUT2D eigenvalue weighted by molar-refractivity contribution is -0.135. The van der Waals surface area contributed by atoms with Gasteiger partial charge in [-0.25, -0.2) is 18.0 Å². The van der Waals surface area contributed by atoms with Gasteiger partial charge >= 0.3 is 11.6 Å². The molecule has 1 aliphatic rings. The van der Waals surface area contributed by atoms with Gasteiger partial charge in [0.05, 0.1) is 4.90 Å². The number of aryl methyl sites for hydroxylation is 3. The van der Waals surface area contributed by atoms with Crippen LogP contribution in [0.2, 0.25) is 0 Å². The number of ether oxygens (including phenoxy) is 1. The van der Waals surface area contributed by atoms with Crippen LogP contribution in [-0.4, -0.2) is 20.4 Å². The average Bonchev–Trinajstić information content (AvgIpc) is 2.76. The normalized spacial score (nSPS) is 14.7. The predicted molar refractivity (Wildman–Crippen MR) is 120 cm³/mol. The molecule has 8 heteroatoms. The van der Waals surface area contributed by atoms with Crippen LogP contribution in [0.3, 0.4) is 0 Å². The van der Waals surface area contributed by atoms with E-state index in [1.807, 2.05) is 6.92 Å². The first-order valence-corrected chi connectivity index (χ1v) is 12.0. The van der Waals surface area contributed by atoms with Crippen LogP contribution in [0.25, 0.3) is 11.0 Å². The quantitative estimate of drug-likeness (QED) is 0.359. The summed E-state index contributed by atoms with van der Waals surface area (Å²) in [5.41, 5.74) is 3.23. The van der Waals surface area contributed by atoms with Gasteiger partial charge in [0.2, 0.25) is 10.0 Å². The minimum Gasteiger partial charge on any atom is -0.425 e. The molecule has 1 N–H and O–H groups in total. The van der Waals surface area contributed by atoms with Crippen molar-refractivity contribution in [3.05, 3.63) is 69.1 Å². The van der Waals surface area contributed by atoms with Crippen LogP contribution in [-0.2, 0) is 27.7 Å². The van der Waals surface area contributed by atoms with Gasteiger partial charge in [-0.15, -0.1) is 0 Å². The van der Waals surface area contributed by atoms with E-state index in [2.05, 4.69) is 4.72 Å². The Morgan fingerprint density at radius 2 is 1.69 bits per heavy atom. The lowest BCUT2D eigenvalue weighted by Crippen LogP contribution is -2.40. The smallest absolute Gasteiger partial charge is 0.339 e. The summed E-state index contributed by atoms with van der Waals surface area (Å²) in [4.78, 5) is 25.1. The van der Waals surface area contributed by atoms with Gasteiger partial charge in [-0.1, -0.05) is 17.7 Å². The second-order valence-electron chi connectivity index (χ2n) is 8.20. The van der Waals surface area contributed by atoms with Crippen molar-refractivity contribution in [3.8, 4) is 5.75 Å². The van der Waals surface area contributed by atoms with Crippen LogP contribution < -0.4 is 15.1 Å². The van der Waals surface area contributed by atoms with Crippen LogP contribution in [0.4, 0.5) is 0 Å². The molecule has 168 valence electrons. The second-order valence-corrected chi connectivity index (χ2v) is 9.91. The van der Waals surface area contributed by atoms with Crippen LogP contribution in [0.5, 0.6) is 5.75 Å². The third kappa shape index (κ3) is 4.20. The van der Waals surface area contributed by atoms with Gasteiger partial charge in [0.1, 0.15) is 17.4 Å². The number of hydrogen-bond acceptors (Lipinski definition) is 6. The van der Waals surface area contributed by atoms with Crippen molar-refractivity contribution in [3.63, 3.8) is 0 Å². The molecule has 1 heterocycles. The SMILES string of the molecule is Cc1ccc(S(=O)(=O)N[C@H](C)C(=O)Oc2ccc3c4c(c(=O)oc3c2C)CCCC4)cc1. The Hall–Kier alpha value is -2.97. The van der Waals surface area contributed by atoms with Crippen molar-refractivity contribution in [1.29, 1.82) is 0 Å². The molecule has 0 amide bonds. The summed E-state index contributed by atoms with van der Waals surface area (Å²) < 4.78 is 38.5. The number of benzene rings is 2. The molecule has 32 heavy (non-hydrogen) atoms. The highest BCUT2D eigenvalue weighted by atomic mass is 32.2. The third-order valence-corrected chi connectivity index (χ3v) is 7.37. The molecule has 3 aromatic rings. The number of fused-ring (bicyclic) bond motifs is 3. The summed E-state index contributed by atoms with van der Waals surface area (Å²) >= 11 is 0. The summed E-state index contributed by atoms with van der Waals surface area (Å²) in [6.07, 6.45) is 3.50. The maximum Gasteiger partial charge on any atom is 0.339 e. The minimum atomic E-state index is -3.88. The van der Waals surface area contributed by atoms with Crippen molar-refractivity contribution >= 4 is 27.0 Å². The van der Waals surface area contributed by atoms with Crippen LogP contribution >= 0.6 is 0 Å². The van der Waals surface area contributed by atoms with Gasteiger partial charge < -0.3 is 9.15 Å². The number of hydrogen-bond donors (Lipinski definition) is 1. The maximum absolute atomic E-state index is 12.6. The Bertz CT molecular complexity index is 1360. The van der Waals surface area contributed by atoms with E-state index < -0.39 is 22.0 Å². The van der Waals surface area contributed by atoms with Gasteiger partial charge in [-0.05, 0) is 76.3 Å². The van der Waals surface area contributed by atoms with E-state index in [0.29, 0.717) is 17.6 Å². The maximum atomic E-state index is 12.6. The number of nitrogens with one attached hydrogen (secondary N) is 1. The first-order chi connectivity index (χ1) is 15.2. The highest BCUT2D eigenvalue weighted by Gasteiger charge is 2.25. The summed E-state index contributed by atoms with van der Waals surface area (Å²) in [5, 5.41) is 0.852. The molecule has 1 aromatic heterocycles. The molecule has 0 radical (unpaired) electrons. The van der Waals surface area contributed by atoms with Crippen molar-refractivity contribution in [2.24, 2.45) is 0 Å². The average molecular weight is 456 g/mol. The van der Waals surface area contributed by atoms with Crippen molar-refractivity contribution in [2.45, 2.75) is 57.4 Å². The number of rotatable bonds is 5. The molecule has 7 nitrogen and oxygen atoms in total. The zero-order valence-corrected chi connectivity index (χ0v) is 19.0. The van der Waals surface area contributed by atoms with Gasteiger partial charge in [0, 0.05) is 16.5 Å². The molecular weight excluding hydrogens is 430 g/mol. The molecular formula is C24H25NO6S. The largest absolute Gasteiger partial charge is 0.425 e. The Kier molecular flexibility index (Phi) is 5.92. The summed E-state index contributed by atoms with van der Waals surface area (Å²) in [6, 6.07) is 8.65. The van der Waals surface area contributed by atoms with E-state index in [1.54, 1.807) is 31.2 Å². The van der Waals surface area contributed by atoms with E-state index >= 15 is 0 Å². The molecule has 0 saturated heterocycles. The highest BCUT2D eigenvalue weighted by Crippen LogP contribution is 2.32. The Labute approximate surface area is 186 Å². The van der Waals surface area contributed by atoms with E-state index in [-0.39, 0.29) is 16.3 Å². The van der Waals surface area contributed by atoms with E-state index in [9.17, 15) is 18.0 Å².